The Kier molecular flexibility index (Phi) is 4.65. The van der Waals surface area contributed by atoms with Crippen LogP contribution in [0.15, 0.2) is 18.3 Å². The van der Waals surface area contributed by atoms with Gasteiger partial charge in [-0.05, 0) is 44.4 Å². The number of hydrogen-bond acceptors (Lipinski definition) is 5. The van der Waals surface area contributed by atoms with Gasteiger partial charge in [-0.25, -0.2) is 0 Å². The number of hydrogen-bond donors (Lipinski definition) is 2. The minimum Gasteiger partial charge on any atom is -0.353 e. The molecule has 3 rings (SSSR count). The number of carbonyl (C=O) groups excluding carboxylic acids is 1. The SMILES string of the molecule is O=C(NCC1CCCN1c1cccnn1)[C@H]1CCCCN1. The van der Waals surface area contributed by atoms with Gasteiger partial charge in [0.2, 0.25) is 5.91 Å². The maximum Gasteiger partial charge on any atom is 0.237 e. The first-order valence-corrected chi connectivity index (χ1v) is 7.90. The number of anilines is 1. The predicted octanol–water partition coefficient (Wildman–Crippen LogP) is 0.704. The normalized spacial score (nSPS) is 25.8. The van der Waals surface area contributed by atoms with Crippen molar-refractivity contribution in [2.75, 3.05) is 24.5 Å². The van der Waals surface area contributed by atoms with Crippen LogP contribution in [0.3, 0.4) is 0 Å². The third-order valence-electron chi connectivity index (χ3n) is 4.37. The van der Waals surface area contributed by atoms with Gasteiger partial charge in [0.25, 0.3) is 0 Å². The van der Waals surface area contributed by atoms with Gasteiger partial charge in [0.05, 0.1) is 6.04 Å². The predicted molar refractivity (Wildman–Crippen MR) is 81.1 cm³/mol. The van der Waals surface area contributed by atoms with Crippen molar-refractivity contribution < 1.29 is 4.79 Å². The van der Waals surface area contributed by atoms with Crippen molar-refractivity contribution in [2.24, 2.45) is 0 Å². The summed E-state index contributed by atoms with van der Waals surface area (Å²) in [5, 5.41) is 14.5. The summed E-state index contributed by atoms with van der Waals surface area (Å²) in [4.78, 5) is 14.4. The van der Waals surface area contributed by atoms with Gasteiger partial charge in [-0.15, -0.1) is 5.10 Å². The van der Waals surface area contributed by atoms with Crippen LogP contribution in [-0.4, -0.2) is 47.8 Å². The van der Waals surface area contributed by atoms with Crippen LogP contribution in [0.1, 0.15) is 32.1 Å². The molecule has 3 heterocycles. The van der Waals surface area contributed by atoms with Crippen LogP contribution < -0.4 is 15.5 Å². The molecular formula is C15H23N5O. The monoisotopic (exact) mass is 289 g/mol. The van der Waals surface area contributed by atoms with Gasteiger partial charge in [0, 0.05) is 25.3 Å². The summed E-state index contributed by atoms with van der Waals surface area (Å²) in [6.07, 6.45) is 7.18. The van der Waals surface area contributed by atoms with E-state index in [1.807, 2.05) is 12.1 Å². The summed E-state index contributed by atoms with van der Waals surface area (Å²) in [7, 11) is 0. The minimum atomic E-state index is -0.00915. The Hall–Kier alpha value is -1.69. The number of rotatable bonds is 4. The lowest BCUT2D eigenvalue weighted by atomic mass is 10.0. The molecule has 0 aromatic carbocycles. The number of nitrogens with one attached hydrogen (secondary N) is 2. The van der Waals surface area contributed by atoms with Crippen molar-refractivity contribution in [3.63, 3.8) is 0 Å². The number of piperidine rings is 1. The molecule has 2 atom stereocenters. The van der Waals surface area contributed by atoms with E-state index in [2.05, 4.69) is 25.7 Å². The minimum absolute atomic E-state index is 0.00915. The average molecular weight is 289 g/mol. The topological polar surface area (TPSA) is 70.2 Å². The molecule has 6 heteroatoms. The van der Waals surface area contributed by atoms with E-state index < -0.39 is 0 Å². The molecule has 21 heavy (non-hydrogen) atoms. The summed E-state index contributed by atoms with van der Waals surface area (Å²) in [6, 6.07) is 4.21. The average Bonchev–Trinajstić information content (AvgIpc) is 3.03. The molecule has 0 aliphatic carbocycles. The van der Waals surface area contributed by atoms with Crippen LogP contribution in [0.4, 0.5) is 5.82 Å². The Labute approximate surface area is 125 Å². The molecule has 0 spiro atoms. The highest BCUT2D eigenvalue weighted by Gasteiger charge is 2.27. The van der Waals surface area contributed by atoms with E-state index in [1.165, 1.54) is 6.42 Å². The molecule has 1 amide bonds. The van der Waals surface area contributed by atoms with Crippen LogP contribution >= 0.6 is 0 Å². The Morgan fingerprint density at radius 1 is 1.38 bits per heavy atom. The highest BCUT2D eigenvalue weighted by Crippen LogP contribution is 2.22. The van der Waals surface area contributed by atoms with Crippen molar-refractivity contribution in [3.8, 4) is 0 Å². The zero-order chi connectivity index (χ0) is 14.5. The molecule has 2 saturated heterocycles. The zero-order valence-corrected chi connectivity index (χ0v) is 12.3. The quantitative estimate of drug-likeness (QED) is 0.854. The molecule has 0 saturated carbocycles. The standard InChI is InChI=1S/C15H23N5O/c21-15(13-6-1-2-8-16-13)17-11-12-5-4-10-20(12)14-7-3-9-18-19-14/h3,7,9,12-13,16H,1-2,4-6,8,10-11H2,(H,17,21)/t12?,13-/m1/s1. The summed E-state index contributed by atoms with van der Waals surface area (Å²) in [6.45, 7) is 2.63. The van der Waals surface area contributed by atoms with Gasteiger partial charge in [-0.1, -0.05) is 6.42 Å². The largest absolute Gasteiger partial charge is 0.353 e. The van der Waals surface area contributed by atoms with E-state index in [1.54, 1.807) is 6.20 Å². The first kappa shape index (κ1) is 14.3. The highest BCUT2D eigenvalue weighted by molar-refractivity contribution is 5.81. The van der Waals surface area contributed by atoms with Crippen LogP contribution in [0, 0.1) is 0 Å². The lowest BCUT2D eigenvalue weighted by Gasteiger charge is -2.27. The van der Waals surface area contributed by atoms with E-state index in [9.17, 15) is 4.79 Å². The molecule has 2 fully saturated rings. The molecule has 2 N–H and O–H groups in total. The molecule has 1 aromatic heterocycles. The molecule has 1 aromatic rings. The first-order valence-electron chi connectivity index (χ1n) is 7.90. The Morgan fingerprint density at radius 3 is 3.10 bits per heavy atom. The number of amides is 1. The third-order valence-corrected chi connectivity index (χ3v) is 4.37. The molecule has 2 aliphatic heterocycles. The zero-order valence-electron chi connectivity index (χ0n) is 12.3. The highest BCUT2D eigenvalue weighted by atomic mass is 16.2. The molecule has 1 unspecified atom stereocenters. The summed E-state index contributed by atoms with van der Waals surface area (Å²) in [5.74, 6) is 1.05. The maximum absolute atomic E-state index is 12.2. The molecule has 6 nitrogen and oxygen atoms in total. The summed E-state index contributed by atoms with van der Waals surface area (Å²) >= 11 is 0. The van der Waals surface area contributed by atoms with Gasteiger partial charge in [-0.3, -0.25) is 4.79 Å². The van der Waals surface area contributed by atoms with E-state index >= 15 is 0 Å². The maximum atomic E-state index is 12.2. The molecule has 2 aliphatic rings. The Bertz CT molecular complexity index is 460. The van der Waals surface area contributed by atoms with Crippen molar-refractivity contribution in [1.82, 2.24) is 20.8 Å². The fourth-order valence-electron chi connectivity index (χ4n) is 3.21. The van der Waals surface area contributed by atoms with Crippen molar-refractivity contribution in [3.05, 3.63) is 18.3 Å². The Morgan fingerprint density at radius 2 is 2.33 bits per heavy atom. The smallest absolute Gasteiger partial charge is 0.237 e. The van der Waals surface area contributed by atoms with Crippen molar-refractivity contribution in [1.29, 1.82) is 0 Å². The van der Waals surface area contributed by atoms with Crippen molar-refractivity contribution >= 4 is 11.7 Å². The first-order chi connectivity index (χ1) is 10.3. The molecular weight excluding hydrogens is 266 g/mol. The van der Waals surface area contributed by atoms with Gasteiger partial charge in [-0.2, -0.15) is 5.10 Å². The van der Waals surface area contributed by atoms with Crippen molar-refractivity contribution in [2.45, 2.75) is 44.2 Å². The molecule has 114 valence electrons. The van der Waals surface area contributed by atoms with Crippen LogP contribution in [0.25, 0.3) is 0 Å². The second kappa shape index (κ2) is 6.85. The summed E-state index contributed by atoms with van der Waals surface area (Å²) in [5.41, 5.74) is 0. The van der Waals surface area contributed by atoms with E-state index in [-0.39, 0.29) is 11.9 Å². The Balaban J connectivity index is 1.53. The van der Waals surface area contributed by atoms with Crippen LogP contribution in [0.5, 0.6) is 0 Å². The van der Waals surface area contributed by atoms with E-state index in [4.69, 9.17) is 0 Å². The lowest BCUT2D eigenvalue weighted by molar-refractivity contribution is -0.123. The van der Waals surface area contributed by atoms with Gasteiger partial charge < -0.3 is 15.5 Å². The van der Waals surface area contributed by atoms with Gasteiger partial charge in [0.15, 0.2) is 5.82 Å². The van der Waals surface area contributed by atoms with Gasteiger partial charge >= 0.3 is 0 Å². The number of nitrogens with zero attached hydrogens (tertiary/aromatic N) is 3. The van der Waals surface area contributed by atoms with Gasteiger partial charge in [0.1, 0.15) is 0 Å². The van der Waals surface area contributed by atoms with Crippen LogP contribution in [-0.2, 0) is 4.79 Å². The summed E-state index contributed by atoms with van der Waals surface area (Å²) < 4.78 is 0. The molecule has 0 bridgehead atoms. The van der Waals surface area contributed by atoms with E-state index in [0.717, 1.165) is 44.6 Å². The fraction of sp³-hybridized carbons (Fsp3) is 0.667. The third kappa shape index (κ3) is 3.50. The molecule has 0 radical (unpaired) electrons. The second-order valence-corrected chi connectivity index (χ2v) is 5.82. The number of carbonyl (C=O) groups is 1. The fourth-order valence-corrected chi connectivity index (χ4v) is 3.21. The second-order valence-electron chi connectivity index (χ2n) is 5.82. The lowest BCUT2D eigenvalue weighted by Crippen LogP contribution is -2.49. The van der Waals surface area contributed by atoms with Crippen LogP contribution in [0.2, 0.25) is 0 Å². The van der Waals surface area contributed by atoms with E-state index in [0.29, 0.717) is 12.6 Å². The number of aromatic nitrogens is 2.